The second-order valence-corrected chi connectivity index (χ2v) is 4.19. The van der Waals surface area contributed by atoms with Crippen molar-refractivity contribution in [3.63, 3.8) is 0 Å². The van der Waals surface area contributed by atoms with Gasteiger partial charge in [0.05, 0.1) is 5.60 Å². The Morgan fingerprint density at radius 1 is 1.69 bits per heavy atom. The second-order valence-electron chi connectivity index (χ2n) is 4.19. The first-order valence-electron chi connectivity index (χ1n) is 5.28. The van der Waals surface area contributed by atoms with E-state index in [1.807, 2.05) is 6.92 Å². The number of hydrogen-bond acceptors (Lipinski definition) is 3. The van der Waals surface area contributed by atoms with E-state index in [2.05, 4.69) is 12.2 Å². The lowest BCUT2D eigenvalue weighted by molar-refractivity contribution is -0.0812. The molecule has 0 radical (unpaired) electrons. The Bertz CT molecular complexity index is 163. The van der Waals surface area contributed by atoms with Crippen LogP contribution in [0.1, 0.15) is 26.7 Å². The topological polar surface area (TPSA) is 58.3 Å². The summed E-state index contributed by atoms with van der Waals surface area (Å²) in [6.45, 7) is 6.60. The van der Waals surface area contributed by atoms with Crippen molar-refractivity contribution in [2.45, 2.75) is 32.3 Å². The normalized spacial score (nSPS) is 37.4. The zero-order valence-corrected chi connectivity index (χ0v) is 8.71. The lowest BCUT2D eigenvalue weighted by Crippen LogP contribution is -2.55. The van der Waals surface area contributed by atoms with Crippen LogP contribution in [0.3, 0.4) is 0 Å². The summed E-state index contributed by atoms with van der Waals surface area (Å²) in [6, 6.07) is 0. The summed E-state index contributed by atoms with van der Waals surface area (Å²) in [5, 5.41) is 13.8. The average molecular weight is 186 g/mol. The van der Waals surface area contributed by atoms with Gasteiger partial charge < -0.3 is 16.2 Å². The molecule has 0 amide bonds. The van der Waals surface area contributed by atoms with Gasteiger partial charge in [-0.15, -0.1) is 0 Å². The Morgan fingerprint density at radius 2 is 2.38 bits per heavy atom. The summed E-state index contributed by atoms with van der Waals surface area (Å²) in [4.78, 5) is 0. The van der Waals surface area contributed by atoms with Crippen LogP contribution in [-0.2, 0) is 0 Å². The quantitative estimate of drug-likeness (QED) is 0.595. The first-order valence-corrected chi connectivity index (χ1v) is 5.28. The van der Waals surface area contributed by atoms with E-state index in [4.69, 9.17) is 5.73 Å². The Kier molecular flexibility index (Phi) is 3.71. The lowest BCUT2D eigenvalue weighted by atomic mass is 9.72. The molecule has 3 unspecified atom stereocenters. The molecule has 0 aromatic heterocycles. The van der Waals surface area contributed by atoms with Crippen LogP contribution in [0.15, 0.2) is 0 Å². The summed E-state index contributed by atoms with van der Waals surface area (Å²) < 4.78 is 0. The molecular formula is C10H22N2O. The zero-order valence-electron chi connectivity index (χ0n) is 8.71. The maximum absolute atomic E-state index is 10.5. The summed E-state index contributed by atoms with van der Waals surface area (Å²) in [7, 11) is 0. The van der Waals surface area contributed by atoms with E-state index < -0.39 is 5.60 Å². The molecule has 4 N–H and O–H groups in total. The second kappa shape index (κ2) is 4.40. The molecule has 1 heterocycles. The van der Waals surface area contributed by atoms with Crippen LogP contribution in [0.4, 0.5) is 0 Å². The Labute approximate surface area is 80.7 Å². The van der Waals surface area contributed by atoms with Crippen molar-refractivity contribution in [3.8, 4) is 0 Å². The van der Waals surface area contributed by atoms with E-state index in [1.54, 1.807) is 0 Å². The first-order chi connectivity index (χ1) is 6.15. The number of nitrogens with two attached hydrogens (primary N) is 1. The van der Waals surface area contributed by atoms with Gasteiger partial charge in [-0.3, -0.25) is 0 Å². The molecule has 1 rings (SSSR count). The molecule has 3 atom stereocenters. The van der Waals surface area contributed by atoms with Crippen LogP contribution in [0.5, 0.6) is 0 Å². The molecule has 1 aliphatic heterocycles. The standard InChI is InChI=1S/C10H22N2O/c1-3-9-7-12-5-4-10(9,13)8(2)6-11/h8-9,12-13H,3-7,11H2,1-2H3. The predicted octanol–water partition coefficient (Wildman–Crippen LogP) is 0.332. The van der Waals surface area contributed by atoms with Crippen LogP contribution in [0.2, 0.25) is 0 Å². The lowest BCUT2D eigenvalue weighted by Gasteiger charge is -2.44. The van der Waals surface area contributed by atoms with Crippen LogP contribution >= 0.6 is 0 Å². The fraction of sp³-hybridized carbons (Fsp3) is 1.00. The van der Waals surface area contributed by atoms with Crippen molar-refractivity contribution in [3.05, 3.63) is 0 Å². The predicted molar refractivity (Wildman–Crippen MR) is 54.4 cm³/mol. The third-order valence-electron chi connectivity index (χ3n) is 3.50. The minimum Gasteiger partial charge on any atom is -0.389 e. The molecule has 13 heavy (non-hydrogen) atoms. The smallest absolute Gasteiger partial charge is 0.0737 e. The highest BCUT2D eigenvalue weighted by Gasteiger charge is 2.41. The zero-order chi connectivity index (χ0) is 9.90. The molecule has 0 saturated carbocycles. The highest BCUT2D eigenvalue weighted by atomic mass is 16.3. The number of nitrogens with one attached hydrogen (secondary N) is 1. The minimum absolute atomic E-state index is 0.208. The number of piperidine rings is 1. The van der Waals surface area contributed by atoms with Crippen LogP contribution in [-0.4, -0.2) is 30.3 Å². The largest absolute Gasteiger partial charge is 0.389 e. The van der Waals surface area contributed by atoms with Crippen molar-refractivity contribution in [2.75, 3.05) is 19.6 Å². The van der Waals surface area contributed by atoms with Gasteiger partial charge in [-0.1, -0.05) is 13.8 Å². The van der Waals surface area contributed by atoms with Gasteiger partial charge in [-0.2, -0.15) is 0 Å². The SMILES string of the molecule is CCC1CNCCC1(O)C(C)CN. The summed E-state index contributed by atoms with van der Waals surface area (Å²) >= 11 is 0. The van der Waals surface area contributed by atoms with Crippen molar-refractivity contribution in [1.82, 2.24) is 5.32 Å². The Hall–Kier alpha value is -0.120. The van der Waals surface area contributed by atoms with Crippen LogP contribution in [0.25, 0.3) is 0 Å². The summed E-state index contributed by atoms with van der Waals surface area (Å²) in [5.41, 5.74) is 5.09. The molecule has 0 aromatic rings. The highest BCUT2D eigenvalue weighted by molar-refractivity contribution is 4.95. The fourth-order valence-corrected chi connectivity index (χ4v) is 2.30. The molecule has 1 aliphatic rings. The fourth-order valence-electron chi connectivity index (χ4n) is 2.30. The van der Waals surface area contributed by atoms with Gasteiger partial charge in [-0.05, 0) is 31.8 Å². The molecule has 0 spiro atoms. The van der Waals surface area contributed by atoms with E-state index in [9.17, 15) is 5.11 Å². The first kappa shape index (κ1) is 11.0. The maximum Gasteiger partial charge on any atom is 0.0737 e. The summed E-state index contributed by atoms with van der Waals surface area (Å²) in [5.74, 6) is 0.569. The molecule has 3 nitrogen and oxygen atoms in total. The molecule has 0 bridgehead atoms. The van der Waals surface area contributed by atoms with E-state index in [0.717, 1.165) is 25.9 Å². The third-order valence-corrected chi connectivity index (χ3v) is 3.50. The highest BCUT2D eigenvalue weighted by Crippen LogP contribution is 2.33. The van der Waals surface area contributed by atoms with Gasteiger partial charge in [-0.25, -0.2) is 0 Å². The minimum atomic E-state index is -0.533. The monoisotopic (exact) mass is 186 g/mol. The van der Waals surface area contributed by atoms with Crippen molar-refractivity contribution >= 4 is 0 Å². The van der Waals surface area contributed by atoms with Crippen molar-refractivity contribution in [2.24, 2.45) is 17.6 Å². The molecule has 0 aliphatic carbocycles. The van der Waals surface area contributed by atoms with Gasteiger partial charge >= 0.3 is 0 Å². The van der Waals surface area contributed by atoms with Crippen LogP contribution in [0, 0.1) is 11.8 Å². The van der Waals surface area contributed by atoms with Gasteiger partial charge in [0.1, 0.15) is 0 Å². The van der Waals surface area contributed by atoms with Gasteiger partial charge in [0.25, 0.3) is 0 Å². The molecular weight excluding hydrogens is 164 g/mol. The molecule has 1 fully saturated rings. The van der Waals surface area contributed by atoms with Gasteiger partial charge in [0.2, 0.25) is 0 Å². The van der Waals surface area contributed by atoms with E-state index >= 15 is 0 Å². The van der Waals surface area contributed by atoms with E-state index in [1.165, 1.54) is 0 Å². The number of rotatable bonds is 3. The summed E-state index contributed by atoms with van der Waals surface area (Å²) in [6.07, 6.45) is 1.86. The third kappa shape index (κ3) is 2.03. The molecule has 1 saturated heterocycles. The Morgan fingerprint density at radius 3 is 2.92 bits per heavy atom. The number of hydrogen-bond donors (Lipinski definition) is 3. The molecule has 78 valence electrons. The van der Waals surface area contributed by atoms with Crippen molar-refractivity contribution < 1.29 is 5.11 Å². The average Bonchev–Trinajstić information content (AvgIpc) is 2.17. The molecule has 3 heteroatoms. The molecule has 0 aromatic carbocycles. The van der Waals surface area contributed by atoms with Gasteiger partial charge in [0.15, 0.2) is 0 Å². The Balaban J connectivity index is 2.70. The van der Waals surface area contributed by atoms with E-state index in [-0.39, 0.29) is 5.92 Å². The maximum atomic E-state index is 10.5. The van der Waals surface area contributed by atoms with Crippen molar-refractivity contribution in [1.29, 1.82) is 0 Å². The number of aliphatic hydroxyl groups is 1. The van der Waals surface area contributed by atoms with Crippen LogP contribution < -0.4 is 11.1 Å². The van der Waals surface area contributed by atoms with E-state index in [0.29, 0.717) is 12.5 Å². The van der Waals surface area contributed by atoms with Gasteiger partial charge in [0, 0.05) is 12.5 Å².